The Labute approximate surface area is 109 Å². The predicted molar refractivity (Wildman–Crippen MR) is 65.6 cm³/mol. The average Bonchev–Trinajstić information content (AvgIpc) is 2.86. The van der Waals surface area contributed by atoms with Crippen LogP contribution in [-0.4, -0.2) is 11.3 Å². The molecule has 18 heavy (non-hydrogen) atoms. The zero-order valence-electron chi connectivity index (χ0n) is 9.43. The van der Waals surface area contributed by atoms with Gasteiger partial charge in [-0.15, -0.1) is 0 Å². The summed E-state index contributed by atoms with van der Waals surface area (Å²) in [5, 5.41) is 0.481. The van der Waals surface area contributed by atoms with Crippen molar-refractivity contribution in [2.24, 2.45) is 5.73 Å². The van der Waals surface area contributed by atoms with Gasteiger partial charge >= 0.3 is 0 Å². The van der Waals surface area contributed by atoms with Crippen LogP contribution in [0.3, 0.4) is 0 Å². The molecule has 2 rings (SSSR count). The molecule has 1 aromatic heterocycles. The maximum Gasteiger partial charge on any atom is 0.232 e. The molecule has 1 heterocycles. The van der Waals surface area contributed by atoms with Crippen LogP contribution in [0.15, 0.2) is 28.9 Å². The van der Waals surface area contributed by atoms with Gasteiger partial charge in [-0.05, 0) is 17.7 Å². The van der Waals surface area contributed by atoms with Crippen LogP contribution in [0.5, 0.6) is 5.75 Å². The molecule has 2 aromatic rings. The summed E-state index contributed by atoms with van der Waals surface area (Å²) < 4.78 is 10.5. The first-order valence-electron chi connectivity index (χ1n) is 5.24. The predicted octanol–water partition coefficient (Wildman–Crippen LogP) is 2.18. The number of hydrogen-bond acceptors (Lipinski definition) is 5. The third-order valence-electron chi connectivity index (χ3n) is 2.27. The molecular formula is C12H11ClN2O3. The minimum absolute atomic E-state index is 0.0988. The van der Waals surface area contributed by atoms with Crippen LogP contribution in [0.4, 0.5) is 0 Å². The van der Waals surface area contributed by atoms with Crippen molar-refractivity contribution in [2.45, 2.75) is 13.2 Å². The lowest BCUT2D eigenvalue weighted by atomic mass is 10.2. The summed E-state index contributed by atoms with van der Waals surface area (Å²) >= 11 is 5.98. The maximum atomic E-state index is 10.4. The molecule has 5 nitrogen and oxygen atoms in total. The number of aromatic nitrogens is 1. The molecule has 0 saturated carbocycles. The zero-order chi connectivity index (χ0) is 13.0. The number of carbonyl (C=O) groups excluding carboxylic acids is 1. The van der Waals surface area contributed by atoms with Gasteiger partial charge < -0.3 is 14.9 Å². The van der Waals surface area contributed by atoms with E-state index in [2.05, 4.69) is 4.98 Å². The molecule has 0 spiro atoms. The molecular weight excluding hydrogens is 256 g/mol. The topological polar surface area (TPSA) is 78.4 Å². The molecule has 0 bridgehead atoms. The highest BCUT2D eigenvalue weighted by molar-refractivity contribution is 6.32. The van der Waals surface area contributed by atoms with Crippen molar-refractivity contribution in [1.29, 1.82) is 0 Å². The molecule has 0 atom stereocenters. The third-order valence-corrected chi connectivity index (χ3v) is 2.58. The second kappa shape index (κ2) is 5.66. The highest BCUT2D eigenvalue weighted by atomic mass is 35.5. The van der Waals surface area contributed by atoms with Crippen LogP contribution < -0.4 is 10.5 Å². The Kier molecular flexibility index (Phi) is 3.96. The maximum absolute atomic E-state index is 10.4. The lowest BCUT2D eigenvalue weighted by molar-refractivity contribution is 0.111. The first-order chi connectivity index (χ1) is 8.72. The standard InChI is InChI=1S/C12H11ClN2O3/c13-10-2-1-8(4-14)3-11(10)17-7-12-15-9(5-16)6-18-12/h1-3,5-6H,4,7,14H2. The summed E-state index contributed by atoms with van der Waals surface area (Å²) in [6, 6.07) is 5.29. The molecule has 1 aromatic carbocycles. The van der Waals surface area contributed by atoms with E-state index < -0.39 is 0 Å². The molecule has 0 radical (unpaired) electrons. The number of hydrogen-bond donors (Lipinski definition) is 1. The van der Waals surface area contributed by atoms with Crippen molar-refractivity contribution in [3.63, 3.8) is 0 Å². The summed E-state index contributed by atoms with van der Waals surface area (Å²) in [6.45, 7) is 0.503. The summed E-state index contributed by atoms with van der Waals surface area (Å²) in [6.07, 6.45) is 1.87. The Hall–Kier alpha value is -1.85. The zero-order valence-corrected chi connectivity index (χ0v) is 10.2. The summed E-state index contributed by atoms with van der Waals surface area (Å²) in [5.74, 6) is 0.816. The molecule has 0 fully saturated rings. The second-order valence-electron chi connectivity index (χ2n) is 3.54. The van der Waals surface area contributed by atoms with E-state index in [0.717, 1.165) is 5.56 Å². The lowest BCUT2D eigenvalue weighted by Gasteiger charge is -2.07. The Morgan fingerprint density at radius 2 is 2.33 bits per heavy atom. The number of nitrogens with two attached hydrogens (primary N) is 1. The number of oxazole rings is 1. The number of carbonyl (C=O) groups is 1. The van der Waals surface area contributed by atoms with Gasteiger partial charge in [-0.2, -0.15) is 0 Å². The highest BCUT2D eigenvalue weighted by Crippen LogP contribution is 2.26. The first kappa shape index (κ1) is 12.6. The van der Waals surface area contributed by atoms with Crippen molar-refractivity contribution < 1.29 is 13.9 Å². The molecule has 6 heteroatoms. The Bertz CT molecular complexity index is 554. The normalized spacial score (nSPS) is 10.3. The summed E-state index contributed by atoms with van der Waals surface area (Å²) in [4.78, 5) is 14.3. The van der Waals surface area contributed by atoms with E-state index >= 15 is 0 Å². The van der Waals surface area contributed by atoms with E-state index in [-0.39, 0.29) is 12.3 Å². The quantitative estimate of drug-likeness (QED) is 0.839. The minimum atomic E-state index is 0.0988. The van der Waals surface area contributed by atoms with E-state index in [1.807, 2.05) is 6.07 Å². The fourth-order valence-electron chi connectivity index (χ4n) is 1.37. The van der Waals surface area contributed by atoms with Gasteiger partial charge in [0.25, 0.3) is 0 Å². The number of aldehydes is 1. The van der Waals surface area contributed by atoms with Crippen LogP contribution in [0.25, 0.3) is 0 Å². The number of ether oxygens (including phenoxy) is 1. The Morgan fingerprint density at radius 3 is 3.00 bits per heavy atom. The molecule has 0 aliphatic carbocycles. The Morgan fingerprint density at radius 1 is 1.50 bits per heavy atom. The molecule has 2 N–H and O–H groups in total. The van der Waals surface area contributed by atoms with Crippen molar-refractivity contribution in [1.82, 2.24) is 4.98 Å². The summed E-state index contributed by atoms with van der Waals surface area (Å²) in [7, 11) is 0. The molecule has 0 aliphatic heterocycles. The van der Waals surface area contributed by atoms with Crippen LogP contribution in [0.2, 0.25) is 5.02 Å². The van der Waals surface area contributed by atoms with Crippen LogP contribution in [0, 0.1) is 0 Å². The third kappa shape index (κ3) is 2.88. The Balaban J connectivity index is 2.07. The van der Waals surface area contributed by atoms with Gasteiger partial charge in [0, 0.05) is 6.54 Å². The average molecular weight is 267 g/mol. The number of rotatable bonds is 5. The van der Waals surface area contributed by atoms with Gasteiger partial charge in [-0.1, -0.05) is 17.7 Å². The smallest absolute Gasteiger partial charge is 0.232 e. The lowest BCUT2D eigenvalue weighted by Crippen LogP contribution is -2.00. The van der Waals surface area contributed by atoms with Crippen LogP contribution >= 0.6 is 11.6 Å². The first-order valence-corrected chi connectivity index (χ1v) is 5.61. The summed E-state index contributed by atoms with van der Waals surface area (Å²) in [5.41, 5.74) is 6.67. The molecule has 94 valence electrons. The van der Waals surface area contributed by atoms with Crippen molar-refractivity contribution in [3.05, 3.63) is 46.6 Å². The van der Waals surface area contributed by atoms with E-state index in [1.165, 1.54) is 6.26 Å². The van der Waals surface area contributed by atoms with E-state index in [1.54, 1.807) is 12.1 Å². The van der Waals surface area contributed by atoms with Gasteiger partial charge in [-0.3, -0.25) is 4.79 Å². The van der Waals surface area contributed by atoms with Gasteiger partial charge in [0.2, 0.25) is 5.89 Å². The monoisotopic (exact) mass is 266 g/mol. The van der Waals surface area contributed by atoms with E-state index in [9.17, 15) is 4.79 Å². The van der Waals surface area contributed by atoms with Crippen LogP contribution in [-0.2, 0) is 13.2 Å². The fourth-order valence-corrected chi connectivity index (χ4v) is 1.54. The van der Waals surface area contributed by atoms with E-state index in [0.29, 0.717) is 29.5 Å². The molecule has 0 unspecified atom stereocenters. The SMILES string of the molecule is NCc1ccc(Cl)c(OCc2nc(C=O)co2)c1. The fraction of sp³-hybridized carbons (Fsp3) is 0.167. The van der Waals surface area contributed by atoms with Gasteiger partial charge in [0.05, 0.1) is 5.02 Å². The van der Waals surface area contributed by atoms with Gasteiger partial charge in [0.1, 0.15) is 17.7 Å². The number of nitrogens with zero attached hydrogens (tertiary/aromatic N) is 1. The van der Waals surface area contributed by atoms with Gasteiger partial charge in [0.15, 0.2) is 12.9 Å². The molecule has 0 saturated heterocycles. The molecule has 0 aliphatic rings. The second-order valence-corrected chi connectivity index (χ2v) is 3.95. The highest BCUT2D eigenvalue weighted by Gasteiger charge is 2.07. The van der Waals surface area contributed by atoms with Crippen molar-refractivity contribution >= 4 is 17.9 Å². The number of benzene rings is 1. The largest absolute Gasteiger partial charge is 0.482 e. The number of halogens is 1. The van der Waals surface area contributed by atoms with E-state index in [4.69, 9.17) is 26.5 Å². The minimum Gasteiger partial charge on any atom is -0.482 e. The van der Waals surface area contributed by atoms with Gasteiger partial charge in [-0.25, -0.2) is 4.98 Å². The van der Waals surface area contributed by atoms with Crippen LogP contribution in [0.1, 0.15) is 21.9 Å². The van der Waals surface area contributed by atoms with Crippen molar-refractivity contribution in [2.75, 3.05) is 0 Å². The molecule has 0 amide bonds. The van der Waals surface area contributed by atoms with Crippen molar-refractivity contribution in [3.8, 4) is 5.75 Å².